The first-order chi connectivity index (χ1) is 15.7. The highest BCUT2D eigenvalue weighted by Crippen LogP contribution is 2.39. The summed E-state index contributed by atoms with van der Waals surface area (Å²) in [4.78, 5) is 12.3. The van der Waals surface area contributed by atoms with Crippen LogP contribution < -0.4 is 10.2 Å². The Morgan fingerprint density at radius 1 is 1.30 bits per heavy atom. The van der Waals surface area contributed by atoms with E-state index in [2.05, 4.69) is 15.5 Å². The fourth-order valence-corrected chi connectivity index (χ4v) is 4.56. The minimum Gasteiger partial charge on any atom is -0.493 e. The number of alkyl halides is 3. The number of aromatic hydroxyl groups is 1. The van der Waals surface area contributed by atoms with Crippen molar-refractivity contribution in [1.82, 2.24) is 20.1 Å². The molecule has 6 nitrogen and oxygen atoms in total. The molecule has 0 spiro atoms. The van der Waals surface area contributed by atoms with Gasteiger partial charge >= 0.3 is 11.0 Å². The second kappa shape index (κ2) is 9.05. The smallest absolute Gasteiger partial charge is 0.417 e. The molecule has 3 N–H and O–H groups in total. The predicted molar refractivity (Wildman–Crippen MR) is 124 cm³/mol. The van der Waals surface area contributed by atoms with E-state index in [1.807, 2.05) is 0 Å². The number of fused-ring (bicyclic) bond motifs is 1. The van der Waals surface area contributed by atoms with Crippen molar-refractivity contribution in [3.8, 4) is 5.88 Å². The highest BCUT2D eigenvalue weighted by molar-refractivity contribution is 7.11. The van der Waals surface area contributed by atoms with E-state index in [1.165, 1.54) is 22.8 Å². The van der Waals surface area contributed by atoms with Gasteiger partial charge in [0.25, 0.3) is 0 Å². The van der Waals surface area contributed by atoms with Crippen molar-refractivity contribution < 1.29 is 18.3 Å². The van der Waals surface area contributed by atoms with Crippen LogP contribution in [0.1, 0.15) is 21.6 Å². The van der Waals surface area contributed by atoms with E-state index in [-0.39, 0.29) is 33.5 Å². The molecule has 0 aliphatic rings. The summed E-state index contributed by atoms with van der Waals surface area (Å²) in [5.74, 6) is -0.304. The summed E-state index contributed by atoms with van der Waals surface area (Å²) in [6.45, 7) is 0.638. The molecule has 0 saturated carbocycles. The number of hydrogen-bond acceptors (Lipinski definition) is 5. The Balaban J connectivity index is 1.97. The number of likely N-dealkylation sites (N-methyl/N-ethyl adjacent to an activating group) is 1. The largest absolute Gasteiger partial charge is 0.493 e. The molecule has 0 bridgehead atoms. The molecule has 2 aromatic carbocycles. The molecular formula is C22H18ClF3N4O2S. The van der Waals surface area contributed by atoms with Gasteiger partial charge in [-0.1, -0.05) is 35.1 Å². The number of H-pyrrole nitrogens is 1. The van der Waals surface area contributed by atoms with E-state index in [4.69, 9.17) is 11.6 Å². The van der Waals surface area contributed by atoms with Gasteiger partial charge in [-0.3, -0.25) is 14.5 Å². The van der Waals surface area contributed by atoms with E-state index in [0.29, 0.717) is 12.1 Å². The SMILES string of the molecule is CNCCn1c(O)c(C(=Cc2ccc(Cl)cc2C(F)(F)F)c2ccc3[nH]ncc3c2)sc1=O. The third kappa shape index (κ3) is 4.68. The number of thiazole rings is 1. The van der Waals surface area contributed by atoms with Gasteiger partial charge in [0, 0.05) is 29.1 Å². The zero-order chi connectivity index (χ0) is 23.8. The third-order valence-electron chi connectivity index (χ3n) is 5.07. The van der Waals surface area contributed by atoms with E-state index >= 15 is 0 Å². The topological polar surface area (TPSA) is 82.9 Å². The summed E-state index contributed by atoms with van der Waals surface area (Å²) in [6, 6.07) is 8.63. The highest BCUT2D eigenvalue weighted by atomic mass is 35.5. The standard InChI is InChI=1S/C22H18ClF3N4O2S/c1-27-6-7-30-20(31)19(33-21(30)32)16(12-3-5-18-14(8-12)11-28-29-18)9-13-2-4-15(23)10-17(13)22(24,25)26/h2-5,8-11,27,31H,6-7H2,1H3,(H,28,29). The highest BCUT2D eigenvalue weighted by Gasteiger charge is 2.33. The average molecular weight is 495 g/mol. The lowest BCUT2D eigenvalue weighted by molar-refractivity contribution is -0.137. The van der Waals surface area contributed by atoms with Crippen LogP contribution in [0.4, 0.5) is 13.2 Å². The third-order valence-corrected chi connectivity index (χ3v) is 6.31. The number of nitrogens with zero attached hydrogens (tertiary/aromatic N) is 2. The summed E-state index contributed by atoms with van der Waals surface area (Å²) in [5, 5.41) is 21.2. The molecule has 2 heterocycles. The molecule has 0 radical (unpaired) electrons. The van der Waals surface area contributed by atoms with Crippen LogP contribution in [0, 0.1) is 0 Å². The summed E-state index contributed by atoms with van der Waals surface area (Å²) in [7, 11) is 1.71. The molecule has 0 saturated heterocycles. The Labute approximate surface area is 195 Å². The maximum atomic E-state index is 13.7. The fourth-order valence-electron chi connectivity index (χ4n) is 3.44. The van der Waals surface area contributed by atoms with Crippen LogP contribution in [0.2, 0.25) is 5.02 Å². The number of aromatic amines is 1. The molecule has 0 atom stereocenters. The zero-order valence-electron chi connectivity index (χ0n) is 17.2. The van der Waals surface area contributed by atoms with Gasteiger partial charge in [0.15, 0.2) is 0 Å². The van der Waals surface area contributed by atoms with E-state index < -0.39 is 16.6 Å². The Kier molecular flexibility index (Phi) is 6.33. The normalized spacial score (nSPS) is 12.6. The molecule has 0 aliphatic heterocycles. The van der Waals surface area contributed by atoms with Crippen molar-refractivity contribution in [3.63, 3.8) is 0 Å². The van der Waals surface area contributed by atoms with Gasteiger partial charge in [-0.05, 0) is 48.5 Å². The summed E-state index contributed by atoms with van der Waals surface area (Å²) >= 11 is 6.59. The predicted octanol–water partition coefficient (Wildman–Crippen LogP) is 4.97. The van der Waals surface area contributed by atoms with Crippen molar-refractivity contribution in [2.75, 3.05) is 13.6 Å². The maximum Gasteiger partial charge on any atom is 0.417 e. The number of nitrogens with one attached hydrogen (secondary N) is 2. The second-order valence-corrected chi connectivity index (χ2v) is 8.63. The lowest BCUT2D eigenvalue weighted by Crippen LogP contribution is -2.20. The Morgan fingerprint density at radius 3 is 2.82 bits per heavy atom. The van der Waals surface area contributed by atoms with Gasteiger partial charge in [0.1, 0.15) is 4.88 Å². The van der Waals surface area contributed by atoms with E-state index in [0.717, 1.165) is 28.3 Å². The van der Waals surface area contributed by atoms with Gasteiger partial charge in [-0.25, -0.2) is 0 Å². The molecule has 33 heavy (non-hydrogen) atoms. The van der Waals surface area contributed by atoms with Crippen LogP contribution in [0.5, 0.6) is 5.88 Å². The van der Waals surface area contributed by atoms with Crippen LogP contribution >= 0.6 is 22.9 Å². The minimum absolute atomic E-state index is 0.0495. The number of rotatable bonds is 6. The number of hydrogen-bond donors (Lipinski definition) is 3. The first kappa shape index (κ1) is 23.1. The zero-order valence-corrected chi connectivity index (χ0v) is 18.8. The van der Waals surface area contributed by atoms with Crippen molar-refractivity contribution in [2.45, 2.75) is 12.7 Å². The van der Waals surface area contributed by atoms with E-state index in [9.17, 15) is 23.1 Å². The van der Waals surface area contributed by atoms with Crippen LogP contribution in [-0.4, -0.2) is 33.5 Å². The lowest BCUT2D eigenvalue weighted by atomic mass is 9.97. The first-order valence-corrected chi connectivity index (χ1v) is 11.0. The molecule has 4 rings (SSSR count). The molecule has 4 aromatic rings. The average Bonchev–Trinajstić information content (AvgIpc) is 3.34. The molecule has 0 amide bonds. The number of benzene rings is 2. The lowest BCUT2D eigenvalue weighted by Gasteiger charge is -2.13. The van der Waals surface area contributed by atoms with Crippen LogP contribution in [-0.2, 0) is 12.7 Å². The monoisotopic (exact) mass is 494 g/mol. The van der Waals surface area contributed by atoms with Crippen molar-refractivity contribution >= 4 is 45.5 Å². The van der Waals surface area contributed by atoms with E-state index in [1.54, 1.807) is 31.4 Å². The summed E-state index contributed by atoms with van der Waals surface area (Å²) in [5.41, 5.74) is 0.470. The van der Waals surface area contributed by atoms with Crippen LogP contribution in [0.3, 0.4) is 0 Å². The van der Waals surface area contributed by atoms with Crippen LogP contribution in [0.25, 0.3) is 22.6 Å². The molecule has 11 heteroatoms. The summed E-state index contributed by atoms with van der Waals surface area (Å²) in [6.07, 6.45) is -1.75. The minimum atomic E-state index is -4.65. The van der Waals surface area contributed by atoms with Gasteiger partial charge in [0.2, 0.25) is 5.88 Å². The first-order valence-electron chi connectivity index (χ1n) is 9.78. The molecule has 0 unspecified atom stereocenters. The Hall–Kier alpha value is -3.08. The van der Waals surface area contributed by atoms with Crippen molar-refractivity contribution in [2.24, 2.45) is 0 Å². The fraction of sp³-hybridized carbons (Fsp3) is 0.182. The Morgan fingerprint density at radius 2 is 2.09 bits per heavy atom. The number of aromatic nitrogens is 3. The maximum absolute atomic E-state index is 13.7. The van der Waals surface area contributed by atoms with Crippen LogP contribution in [0.15, 0.2) is 47.4 Å². The van der Waals surface area contributed by atoms with Crippen molar-refractivity contribution in [1.29, 1.82) is 0 Å². The van der Waals surface area contributed by atoms with Gasteiger partial charge in [-0.2, -0.15) is 18.3 Å². The quantitative estimate of drug-likeness (QED) is 0.330. The molecule has 0 aliphatic carbocycles. The van der Waals surface area contributed by atoms with Crippen molar-refractivity contribution in [3.05, 3.63) is 78.9 Å². The second-order valence-electron chi connectivity index (χ2n) is 7.24. The summed E-state index contributed by atoms with van der Waals surface area (Å²) < 4.78 is 42.4. The van der Waals surface area contributed by atoms with Gasteiger partial charge in [-0.15, -0.1) is 0 Å². The number of halogens is 4. The molecular weight excluding hydrogens is 477 g/mol. The molecule has 172 valence electrons. The van der Waals surface area contributed by atoms with Gasteiger partial charge in [0.05, 0.1) is 17.3 Å². The Bertz CT molecular complexity index is 1400. The van der Waals surface area contributed by atoms with Gasteiger partial charge < -0.3 is 10.4 Å². The molecule has 0 fully saturated rings. The molecule has 2 aromatic heterocycles.